The highest BCUT2D eigenvalue weighted by Gasteiger charge is 2.39. The maximum Gasteiger partial charge on any atom is 0.223 e. The number of aliphatic hydroxyl groups is 2. The Hall–Kier alpha value is -0.610. The van der Waals surface area contributed by atoms with Crippen LogP contribution in [-0.2, 0) is 4.79 Å². The summed E-state index contributed by atoms with van der Waals surface area (Å²) in [5.41, 5.74) is -0.421. The first kappa shape index (κ1) is 13.5. The van der Waals surface area contributed by atoms with Gasteiger partial charge in [0.1, 0.15) is 0 Å². The van der Waals surface area contributed by atoms with Crippen LogP contribution in [0.2, 0.25) is 0 Å². The largest absolute Gasteiger partial charge is 0.393 e. The van der Waals surface area contributed by atoms with Crippen LogP contribution in [0.1, 0.15) is 46.5 Å². The molecule has 4 heteroatoms. The van der Waals surface area contributed by atoms with E-state index in [4.69, 9.17) is 0 Å². The number of hydrogen-bond acceptors (Lipinski definition) is 3. The Morgan fingerprint density at radius 1 is 1.31 bits per heavy atom. The van der Waals surface area contributed by atoms with Crippen molar-refractivity contribution in [3.05, 3.63) is 0 Å². The number of hydrogen-bond donors (Lipinski definition) is 2. The van der Waals surface area contributed by atoms with Gasteiger partial charge in [-0.25, -0.2) is 0 Å². The first-order valence-corrected chi connectivity index (χ1v) is 6.02. The third kappa shape index (κ3) is 3.19. The lowest BCUT2D eigenvalue weighted by Crippen LogP contribution is -2.50. The predicted molar refractivity (Wildman–Crippen MR) is 61.9 cm³/mol. The molecule has 0 aliphatic carbocycles. The number of rotatable bonds is 5. The number of carbonyl (C=O) groups excluding carboxylic acids is 1. The number of nitrogens with zero attached hydrogens (tertiary/aromatic N) is 1. The molecule has 1 aliphatic heterocycles. The summed E-state index contributed by atoms with van der Waals surface area (Å²) in [7, 11) is 0. The minimum absolute atomic E-state index is 0.142. The smallest absolute Gasteiger partial charge is 0.223 e. The van der Waals surface area contributed by atoms with Gasteiger partial charge < -0.3 is 15.1 Å². The third-order valence-electron chi connectivity index (χ3n) is 3.20. The van der Waals surface area contributed by atoms with Gasteiger partial charge in [-0.05, 0) is 40.0 Å². The van der Waals surface area contributed by atoms with E-state index in [1.807, 2.05) is 11.8 Å². The molecule has 1 aliphatic rings. The second kappa shape index (κ2) is 5.15. The molecule has 0 spiro atoms. The molecular formula is C12H23NO3. The Morgan fingerprint density at radius 2 is 1.81 bits per heavy atom. The van der Waals surface area contributed by atoms with E-state index in [0.29, 0.717) is 19.3 Å². The quantitative estimate of drug-likeness (QED) is 0.736. The number of likely N-dealkylation sites (tertiary alicyclic amines) is 1. The van der Waals surface area contributed by atoms with Crippen LogP contribution >= 0.6 is 0 Å². The fourth-order valence-electron chi connectivity index (χ4n) is 2.80. The normalized spacial score (nSPS) is 24.3. The van der Waals surface area contributed by atoms with Gasteiger partial charge in [-0.15, -0.1) is 0 Å². The zero-order valence-electron chi connectivity index (χ0n) is 10.4. The highest BCUT2D eigenvalue weighted by Crippen LogP contribution is 2.31. The van der Waals surface area contributed by atoms with Crippen molar-refractivity contribution in [1.29, 1.82) is 0 Å². The molecule has 2 unspecified atom stereocenters. The Balaban J connectivity index is 2.80. The highest BCUT2D eigenvalue weighted by molar-refractivity contribution is 5.78. The minimum Gasteiger partial charge on any atom is -0.393 e. The van der Waals surface area contributed by atoms with Crippen LogP contribution < -0.4 is 0 Å². The van der Waals surface area contributed by atoms with Crippen molar-refractivity contribution in [3.8, 4) is 0 Å². The van der Waals surface area contributed by atoms with Crippen molar-refractivity contribution in [2.75, 3.05) is 6.54 Å². The van der Waals surface area contributed by atoms with Gasteiger partial charge in [0.05, 0.1) is 12.2 Å². The van der Waals surface area contributed by atoms with Crippen LogP contribution in [0.5, 0.6) is 0 Å². The highest BCUT2D eigenvalue weighted by atomic mass is 16.3. The van der Waals surface area contributed by atoms with Gasteiger partial charge in [-0.2, -0.15) is 0 Å². The molecule has 94 valence electrons. The fourth-order valence-corrected chi connectivity index (χ4v) is 2.80. The standard InChI is InChI=1S/C12H23NO3/c1-9(14)7-12(3,8-10(2)15)13-6-4-5-11(13)16/h9-10,14-15H,4-8H2,1-3H3. The average Bonchev–Trinajstić information content (AvgIpc) is 2.48. The van der Waals surface area contributed by atoms with Crippen LogP contribution in [0.25, 0.3) is 0 Å². The van der Waals surface area contributed by atoms with E-state index >= 15 is 0 Å². The van der Waals surface area contributed by atoms with Crippen molar-refractivity contribution >= 4 is 5.91 Å². The monoisotopic (exact) mass is 229 g/mol. The van der Waals surface area contributed by atoms with Gasteiger partial charge in [0, 0.05) is 18.5 Å². The second-order valence-corrected chi connectivity index (χ2v) is 5.25. The van der Waals surface area contributed by atoms with Crippen molar-refractivity contribution < 1.29 is 15.0 Å². The predicted octanol–water partition coefficient (Wildman–Crippen LogP) is 0.909. The van der Waals surface area contributed by atoms with Crippen molar-refractivity contribution in [1.82, 2.24) is 4.90 Å². The summed E-state index contributed by atoms with van der Waals surface area (Å²) < 4.78 is 0. The molecule has 1 heterocycles. The summed E-state index contributed by atoms with van der Waals surface area (Å²) in [5.74, 6) is 0.142. The SMILES string of the molecule is CC(O)CC(C)(CC(C)O)N1CCCC1=O. The van der Waals surface area contributed by atoms with Crippen LogP contribution in [0.3, 0.4) is 0 Å². The average molecular weight is 229 g/mol. The Labute approximate surface area is 97.3 Å². The molecule has 1 rings (SSSR count). The maximum absolute atomic E-state index is 11.7. The van der Waals surface area contributed by atoms with Gasteiger partial charge >= 0.3 is 0 Å². The molecule has 2 atom stereocenters. The molecule has 1 amide bonds. The van der Waals surface area contributed by atoms with E-state index in [0.717, 1.165) is 13.0 Å². The molecule has 0 aromatic heterocycles. The molecule has 1 fully saturated rings. The molecule has 0 saturated carbocycles. The van der Waals surface area contributed by atoms with Gasteiger partial charge in [0.25, 0.3) is 0 Å². The van der Waals surface area contributed by atoms with E-state index in [9.17, 15) is 15.0 Å². The molecule has 2 N–H and O–H groups in total. The topological polar surface area (TPSA) is 60.8 Å². The number of amides is 1. The van der Waals surface area contributed by atoms with Crippen LogP contribution in [0.15, 0.2) is 0 Å². The zero-order chi connectivity index (χ0) is 12.3. The van der Waals surface area contributed by atoms with Crippen LogP contribution in [-0.4, -0.2) is 45.3 Å². The van der Waals surface area contributed by atoms with Crippen molar-refractivity contribution in [2.45, 2.75) is 64.2 Å². The van der Waals surface area contributed by atoms with Crippen LogP contribution in [0.4, 0.5) is 0 Å². The fraction of sp³-hybridized carbons (Fsp3) is 0.917. The third-order valence-corrected chi connectivity index (χ3v) is 3.20. The summed E-state index contributed by atoms with van der Waals surface area (Å²) in [6.07, 6.45) is 1.59. The summed E-state index contributed by atoms with van der Waals surface area (Å²) in [6.45, 7) is 6.14. The first-order valence-electron chi connectivity index (χ1n) is 6.02. The number of aliphatic hydroxyl groups excluding tert-OH is 2. The molecule has 0 bridgehead atoms. The lowest BCUT2D eigenvalue weighted by molar-refractivity contribution is -0.134. The lowest BCUT2D eigenvalue weighted by Gasteiger charge is -2.41. The van der Waals surface area contributed by atoms with E-state index in [1.165, 1.54) is 0 Å². The van der Waals surface area contributed by atoms with E-state index in [1.54, 1.807) is 13.8 Å². The van der Waals surface area contributed by atoms with Crippen molar-refractivity contribution in [2.24, 2.45) is 0 Å². The van der Waals surface area contributed by atoms with Gasteiger partial charge in [0.2, 0.25) is 5.91 Å². The Kier molecular flexibility index (Phi) is 4.33. The van der Waals surface area contributed by atoms with Crippen molar-refractivity contribution in [3.63, 3.8) is 0 Å². The molecule has 1 saturated heterocycles. The van der Waals surface area contributed by atoms with E-state index < -0.39 is 17.7 Å². The number of carbonyl (C=O) groups is 1. The second-order valence-electron chi connectivity index (χ2n) is 5.25. The Bertz CT molecular complexity index is 241. The van der Waals surface area contributed by atoms with E-state index in [-0.39, 0.29) is 5.91 Å². The minimum atomic E-state index is -0.461. The van der Waals surface area contributed by atoms with Gasteiger partial charge in [0.15, 0.2) is 0 Å². The molecule has 0 radical (unpaired) electrons. The molecule has 0 aromatic carbocycles. The lowest BCUT2D eigenvalue weighted by atomic mass is 9.87. The molecule has 4 nitrogen and oxygen atoms in total. The summed E-state index contributed by atoms with van der Waals surface area (Å²) in [4.78, 5) is 13.6. The summed E-state index contributed by atoms with van der Waals surface area (Å²) >= 11 is 0. The summed E-state index contributed by atoms with van der Waals surface area (Å²) in [5, 5.41) is 19.1. The zero-order valence-corrected chi connectivity index (χ0v) is 10.4. The first-order chi connectivity index (χ1) is 7.35. The van der Waals surface area contributed by atoms with Gasteiger partial charge in [-0.1, -0.05) is 0 Å². The van der Waals surface area contributed by atoms with Gasteiger partial charge in [-0.3, -0.25) is 4.79 Å². The van der Waals surface area contributed by atoms with Crippen LogP contribution in [0, 0.1) is 0 Å². The Morgan fingerprint density at radius 3 is 2.12 bits per heavy atom. The summed E-state index contributed by atoms with van der Waals surface area (Å²) in [6, 6.07) is 0. The maximum atomic E-state index is 11.7. The molecule has 0 aromatic rings. The molecule has 16 heavy (non-hydrogen) atoms. The molecular weight excluding hydrogens is 206 g/mol. The van der Waals surface area contributed by atoms with E-state index in [2.05, 4.69) is 0 Å².